The Morgan fingerprint density at radius 1 is 0.923 bits per heavy atom. The molecule has 26 heavy (non-hydrogen) atoms. The first-order valence-corrected chi connectivity index (χ1v) is 8.22. The molecule has 2 rings (SSSR count). The van der Waals surface area contributed by atoms with Gasteiger partial charge in [-0.15, -0.1) is 0 Å². The Morgan fingerprint density at radius 2 is 1.50 bits per heavy atom. The smallest absolute Gasteiger partial charge is 0.319 e. The van der Waals surface area contributed by atoms with Crippen LogP contribution in [0.1, 0.15) is 12.5 Å². The van der Waals surface area contributed by atoms with Crippen LogP contribution in [0.15, 0.2) is 60.7 Å². The van der Waals surface area contributed by atoms with E-state index in [-0.39, 0.29) is 6.42 Å². The lowest BCUT2D eigenvalue weighted by atomic mass is 10.1. The van der Waals surface area contributed by atoms with Gasteiger partial charge in [0.1, 0.15) is 12.1 Å². The van der Waals surface area contributed by atoms with Crippen LogP contribution < -0.4 is 21.7 Å². The molecule has 0 saturated carbocycles. The number of benzene rings is 2. The molecule has 2 aromatic rings. The van der Waals surface area contributed by atoms with Crippen molar-refractivity contribution >= 4 is 23.5 Å². The molecule has 0 aliphatic carbocycles. The molecule has 0 bridgehead atoms. The van der Waals surface area contributed by atoms with Gasteiger partial charge in [-0.25, -0.2) is 4.79 Å². The summed E-state index contributed by atoms with van der Waals surface area (Å²) in [5.41, 5.74) is 6.87. The average molecular weight is 354 g/mol. The second kappa shape index (κ2) is 9.22. The first kappa shape index (κ1) is 19.0. The van der Waals surface area contributed by atoms with Crippen molar-refractivity contribution in [2.75, 3.05) is 5.32 Å². The molecule has 0 aliphatic heterocycles. The second-order valence-corrected chi connectivity index (χ2v) is 5.84. The summed E-state index contributed by atoms with van der Waals surface area (Å²) in [6, 6.07) is 15.9. The fourth-order valence-electron chi connectivity index (χ4n) is 2.32. The highest BCUT2D eigenvalue weighted by Gasteiger charge is 2.23. The Kier molecular flexibility index (Phi) is 6.73. The van der Waals surface area contributed by atoms with E-state index in [1.165, 1.54) is 6.92 Å². The molecule has 0 spiro atoms. The van der Waals surface area contributed by atoms with Crippen molar-refractivity contribution in [3.63, 3.8) is 0 Å². The Morgan fingerprint density at radius 3 is 2.08 bits per heavy atom. The zero-order chi connectivity index (χ0) is 18.9. The molecule has 0 aliphatic rings. The Bertz CT molecular complexity index is 750. The molecule has 4 amide bonds. The van der Waals surface area contributed by atoms with Gasteiger partial charge in [-0.05, 0) is 24.6 Å². The Hall–Kier alpha value is -3.35. The number of rotatable bonds is 7. The molecule has 7 heteroatoms. The topological polar surface area (TPSA) is 113 Å². The Labute approximate surface area is 152 Å². The third-order valence-corrected chi connectivity index (χ3v) is 3.72. The molecule has 0 radical (unpaired) electrons. The minimum absolute atomic E-state index is 0.283. The third-order valence-electron chi connectivity index (χ3n) is 3.72. The summed E-state index contributed by atoms with van der Waals surface area (Å²) in [6.45, 7) is 1.53. The van der Waals surface area contributed by atoms with Gasteiger partial charge in [-0.1, -0.05) is 48.5 Å². The van der Waals surface area contributed by atoms with E-state index >= 15 is 0 Å². The number of para-hydroxylation sites is 1. The van der Waals surface area contributed by atoms with Crippen LogP contribution in [0.25, 0.3) is 0 Å². The summed E-state index contributed by atoms with van der Waals surface area (Å²) >= 11 is 0. The first-order chi connectivity index (χ1) is 12.5. The maximum absolute atomic E-state index is 12.3. The lowest BCUT2D eigenvalue weighted by Gasteiger charge is -2.19. The molecular weight excluding hydrogens is 332 g/mol. The number of nitrogens with one attached hydrogen (secondary N) is 3. The van der Waals surface area contributed by atoms with Crippen molar-refractivity contribution in [2.24, 2.45) is 5.73 Å². The van der Waals surface area contributed by atoms with Crippen molar-refractivity contribution in [3.8, 4) is 0 Å². The maximum atomic E-state index is 12.3. The van der Waals surface area contributed by atoms with Crippen LogP contribution in [0.4, 0.5) is 10.5 Å². The standard InChI is InChI=1S/C19H22N4O3/c1-13(21-19(26)22-15-10-6-3-7-11-15)18(25)23-16(17(20)24)12-14-8-4-2-5-9-14/h2-11,13,16H,12H2,1H3,(H2,20,24)(H,23,25)(H2,21,22,26)/t13-,16-/m0/s1. The predicted molar refractivity (Wildman–Crippen MR) is 99.3 cm³/mol. The molecule has 0 aromatic heterocycles. The molecular formula is C19H22N4O3. The summed E-state index contributed by atoms with van der Waals surface area (Å²) in [7, 11) is 0. The number of nitrogens with two attached hydrogens (primary N) is 1. The second-order valence-electron chi connectivity index (χ2n) is 5.84. The van der Waals surface area contributed by atoms with Crippen molar-refractivity contribution in [1.29, 1.82) is 0 Å². The van der Waals surface area contributed by atoms with E-state index in [9.17, 15) is 14.4 Å². The highest BCUT2D eigenvalue weighted by Crippen LogP contribution is 2.05. The minimum Gasteiger partial charge on any atom is -0.368 e. The molecule has 0 fully saturated rings. The van der Waals surface area contributed by atoms with E-state index in [1.54, 1.807) is 24.3 Å². The molecule has 2 atom stereocenters. The zero-order valence-corrected chi connectivity index (χ0v) is 14.4. The fraction of sp³-hybridized carbons (Fsp3) is 0.211. The zero-order valence-electron chi connectivity index (χ0n) is 14.4. The van der Waals surface area contributed by atoms with Crippen molar-refractivity contribution in [3.05, 3.63) is 66.2 Å². The summed E-state index contributed by atoms with van der Waals surface area (Å²) in [6.07, 6.45) is 0.283. The number of carbonyl (C=O) groups excluding carboxylic acids is 3. The molecule has 0 heterocycles. The lowest BCUT2D eigenvalue weighted by molar-refractivity contribution is -0.128. The Balaban J connectivity index is 1.89. The number of anilines is 1. The lowest BCUT2D eigenvalue weighted by Crippen LogP contribution is -2.53. The van der Waals surface area contributed by atoms with Crippen LogP contribution in [0.2, 0.25) is 0 Å². The molecule has 0 saturated heterocycles. The quantitative estimate of drug-likeness (QED) is 0.603. The average Bonchev–Trinajstić information content (AvgIpc) is 2.62. The number of hydrogen-bond acceptors (Lipinski definition) is 3. The monoisotopic (exact) mass is 354 g/mol. The minimum atomic E-state index is -0.855. The third kappa shape index (κ3) is 5.94. The predicted octanol–water partition coefficient (Wildman–Crippen LogP) is 1.41. The van der Waals surface area contributed by atoms with Crippen LogP contribution in [0.5, 0.6) is 0 Å². The van der Waals surface area contributed by atoms with Gasteiger partial charge in [-0.3, -0.25) is 9.59 Å². The molecule has 136 valence electrons. The van der Waals surface area contributed by atoms with Gasteiger partial charge in [0.2, 0.25) is 11.8 Å². The number of carbonyl (C=O) groups is 3. The van der Waals surface area contributed by atoms with Crippen molar-refractivity contribution in [1.82, 2.24) is 10.6 Å². The normalized spacial score (nSPS) is 12.5. The van der Waals surface area contributed by atoms with Gasteiger partial charge < -0.3 is 21.7 Å². The van der Waals surface area contributed by atoms with E-state index in [0.717, 1.165) is 5.56 Å². The molecule has 7 nitrogen and oxygen atoms in total. The number of hydrogen-bond donors (Lipinski definition) is 4. The largest absolute Gasteiger partial charge is 0.368 e. The fourth-order valence-corrected chi connectivity index (χ4v) is 2.32. The van der Waals surface area contributed by atoms with Gasteiger partial charge in [-0.2, -0.15) is 0 Å². The molecule has 0 unspecified atom stereocenters. The van der Waals surface area contributed by atoms with Gasteiger partial charge in [0.15, 0.2) is 0 Å². The van der Waals surface area contributed by atoms with Crippen LogP contribution in [0, 0.1) is 0 Å². The SMILES string of the molecule is C[C@H](NC(=O)Nc1ccccc1)C(=O)N[C@@H](Cc1ccccc1)C(N)=O. The van der Waals surface area contributed by atoms with Crippen LogP contribution in [-0.2, 0) is 16.0 Å². The van der Waals surface area contributed by atoms with Crippen molar-refractivity contribution in [2.45, 2.75) is 25.4 Å². The van der Waals surface area contributed by atoms with Crippen molar-refractivity contribution < 1.29 is 14.4 Å². The summed E-state index contributed by atoms with van der Waals surface area (Å²) in [5, 5.41) is 7.72. The van der Waals surface area contributed by atoms with Gasteiger partial charge in [0.25, 0.3) is 0 Å². The van der Waals surface area contributed by atoms with Gasteiger partial charge >= 0.3 is 6.03 Å². The van der Waals surface area contributed by atoms with Crippen LogP contribution in [-0.4, -0.2) is 29.9 Å². The van der Waals surface area contributed by atoms with Gasteiger partial charge in [0.05, 0.1) is 0 Å². The first-order valence-electron chi connectivity index (χ1n) is 8.22. The number of amides is 4. The van der Waals surface area contributed by atoms with E-state index in [4.69, 9.17) is 5.73 Å². The van der Waals surface area contributed by atoms with E-state index in [0.29, 0.717) is 5.69 Å². The number of primary amides is 1. The highest BCUT2D eigenvalue weighted by atomic mass is 16.2. The van der Waals surface area contributed by atoms with Gasteiger partial charge in [0, 0.05) is 12.1 Å². The summed E-state index contributed by atoms with van der Waals surface area (Å²) in [5.74, 6) is -1.13. The maximum Gasteiger partial charge on any atom is 0.319 e. The van der Waals surface area contributed by atoms with Crippen LogP contribution >= 0.6 is 0 Å². The summed E-state index contributed by atoms with van der Waals surface area (Å²) < 4.78 is 0. The van der Waals surface area contributed by atoms with Crippen LogP contribution in [0.3, 0.4) is 0 Å². The van der Waals surface area contributed by atoms with E-state index in [1.807, 2.05) is 36.4 Å². The molecule has 2 aromatic carbocycles. The summed E-state index contributed by atoms with van der Waals surface area (Å²) in [4.78, 5) is 35.9. The van der Waals surface area contributed by atoms with E-state index in [2.05, 4.69) is 16.0 Å². The molecule has 5 N–H and O–H groups in total. The van der Waals surface area contributed by atoms with E-state index < -0.39 is 29.9 Å². The highest BCUT2D eigenvalue weighted by molar-refractivity contribution is 5.95. The number of urea groups is 1.